The van der Waals surface area contributed by atoms with Crippen LogP contribution in [0.1, 0.15) is 29.8 Å². The van der Waals surface area contributed by atoms with Crippen molar-refractivity contribution in [1.29, 1.82) is 0 Å². The van der Waals surface area contributed by atoms with Crippen LogP contribution in [0.2, 0.25) is 0 Å². The van der Waals surface area contributed by atoms with Crippen molar-refractivity contribution in [3.05, 3.63) is 59.7 Å². The first-order valence-corrected chi connectivity index (χ1v) is 9.91. The smallest absolute Gasteiger partial charge is 0.358 e. The molecule has 0 bridgehead atoms. The predicted octanol–water partition coefficient (Wildman–Crippen LogP) is 4.14. The largest absolute Gasteiger partial charge is 0.508 e. The maximum Gasteiger partial charge on any atom is 0.358 e. The average Bonchev–Trinajstić information content (AvgIpc) is 2.60. The Morgan fingerprint density at radius 3 is 2.24 bits per heavy atom. The molecule has 0 aliphatic carbocycles. The van der Waals surface area contributed by atoms with Gasteiger partial charge in [0.2, 0.25) is 0 Å². The number of aromatic hydroxyl groups is 1. The second kappa shape index (κ2) is 8.19. The number of phenolic OH excluding ortho intramolecular Hbond substituents is 1. The van der Waals surface area contributed by atoms with Crippen molar-refractivity contribution in [3.8, 4) is 11.5 Å². The van der Waals surface area contributed by atoms with Gasteiger partial charge in [-0.2, -0.15) is 0 Å². The lowest BCUT2D eigenvalue weighted by atomic mass is 10.2. The number of phenols is 1. The van der Waals surface area contributed by atoms with Crippen LogP contribution in [0.25, 0.3) is 0 Å². The first-order chi connectivity index (χ1) is 11.8. The van der Waals surface area contributed by atoms with Crippen molar-refractivity contribution in [3.63, 3.8) is 0 Å². The molecule has 0 aliphatic rings. The van der Waals surface area contributed by atoms with Crippen LogP contribution in [-0.2, 0) is 11.8 Å². The van der Waals surface area contributed by atoms with E-state index in [1.165, 1.54) is 0 Å². The molecule has 0 fully saturated rings. The first-order valence-electron chi connectivity index (χ1n) is 7.60. The summed E-state index contributed by atoms with van der Waals surface area (Å²) in [6.07, 6.45) is 2.48. The van der Waals surface area contributed by atoms with Crippen molar-refractivity contribution in [1.82, 2.24) is 4.78 Å². The van der Waals surface area contributed by atoms with E-state index in [1.807, 2.05) is 20.9 Å². The lowest BCUT2D eigenvalue weighted by Gasteiger charge is -2.20. The molecular formula is C18H20N2O3PS+. The molecule has 2 aromatic carbocycles. The van der Waals surface area contributed by atoms with E-state index in [1.54, 1.807) is 59.5 Å². The fourth-order valence-electron chi connectivity index (χ4n) is 2.05. The highest BCUT2D eigenvalue weighted by molar-refractivity contribution is 8.04. The minimum atomic E-state index is -1.14. The SMILES string of the molecule is CN(/N=C/c1ccc(O)cc1)[P+](=S)C(C)(C)Oc1ccc(C=O)cc1. The Hall–Kier alpha value is -2.30. The second-order valence-corrected chi connectivity index (χ2v) is 9.07. The minimum absolute atomic E-state index is 0.214. The van der Waals surface area contributed by atoms with Crippen LogP contribution in [0.15, 0.2) is 53.6 Å². The van der Waals surface area contributed by atoms with Gasteiger partial charge in [0.05, 0.1) is 13.3 Å². The highest BCUT2D eigenvalue weighted by atomic mass is 32.4. The summed E-state index contributed by atoms with van der Waals surface area (Å²) in [4.78, 5) is 10.7. The number of hydrogen-bond donors (Lipinski definition) is 1. The summed E-state index contributed by atoms with van der Waals surface area (Å²) in [5, 5.41) is 13.1. The molecule has 130 valence electrons. The summed E-state index contributed by atoms with van der Waals surface area (Å²) < 4.78 is 7.73. The topological polar surface area (TPSA) is 62.1 Å². The van der Waals surface area contributed by atoms with E-state index >= 15 is 0 Å². The zero-order chi connectivity index (χ0) is 18.4. The molecule has 25 heavy (non-hydrogen) atoms. The van der Waals surface area contributed by atoms with Crippen molar-refractivity contribution < 1.29 is 14.6 Å². The second-order valence-electron chi connectivity index (χ2n) is 5.83. The molecule has 1 atom stereocenters. The zero-order valence-corrected chi connectivity index (χ0v) is 16.0. The van der Waals surface area contributed by atoms with Crippen molar-refractivity contribution in [2.45, 2.75) is 19.2 Å². The third kappa shape index (κ3) is 5.34. The first kappa shape index (κ1) is 19.0. The summed E-state index contributed by atoms with van der Waals surface area (Å²) in [5.74, 6) is 0.870. The highest BCUT2D eigenvalue weighted by Gasteiger charge is 2.41. The van der Waals surface area contributed by atoms with E-state index in [0.717, 1.165) is 11.8 Å². The van der Waals surface area contributed by atoms with Gasteiger partial charge in [-0.3, -0.25) is 4.79 Å². The number of hydrogen-bond acceptors (Lipinski definition) is 5. The van der Waals surface area contributed by atoms with Crippen molar-refractivity contribution in [2.24, 2.45) is 5.10 Å². The van der Waals surface area contributed by atoms with Crippen LogP contribution in [0.5, 0.6) is 11.5 Å². The molecule has 0 radical (unpaired) electrons. The monoisotopic (exact) mass is 375 g/mol. The maximum atomic E-state index is 10.7. The quantitative estimate of drug-likeness (QED) is 0.341. The predicted molar refractivity (Wildman–Crippen MR) is 104 cm³/mol. The number of aldehydes is 1. The third-order valence-electron chi connectivity index (χ3n) is 3.37. The van der Waals surface area contributed by atoms with E-state index in [9.17, 15) is 9.90 Å². The van der Waals surface area contributed by atoms with Gasteiger partial charge in [0, 0.05) is 19.4 Å². The fourth-order valence-corrected chi connectivity index (χ4v) is 3.31. The van der Waals surface area contributed by atoms with E-state index in [-0.39, 0.29) is 5.75 Å². The Kier molecular flexibility index (Phi) is 6.23. The van der Waals surface area contributed by atoms with Crippen LogP contribution in [-0.4, -0.2) is 34.8 Å². The molecule has 2 aromatic rings. The van der Waals surface area contributed by atoms with Gasteiger partial charge in [-0.25, -0.2) is 0 Å². The van der Waals surface area contributed by atoms with Gasteiger partial charge in [-0.05, 0) is 54.1 Å². The van der Waals surface area contributed by atoms with E-state index in [4.69, 9.17) is 16.5 Å². The van der Waals surface area contributed by atoms with Gasteiger partial charge in [0.1, 0.15) is 17.8 Å². The molecule has 0 heterocycles. The van der Waals surface area contributed by atoms with Crippen LogP contribution in [0, 0.1) is 0 Å². The van der Waals surface area contributed by atoms with E-state index in [0.29, 0.717) is 11.3 Å². The lowest BCUT2D eigenvalue weighted by molar-refractivity contribution is 0.112. The number of carbonyl (C=O) groups is 1. The van der Waals surface area contributed by atoms with Crippen molar-refractivity contribution >= 4 is 31.2 Å². The Labute approximate surface area is 153 Å². The molecule has 2 rings (SSSR count). The molecule has 0 aliphatic heterocycles. The maximum absolute atomic E-state index is 10.7. The normalized spacial score (nSPS) is 12.0. The van der Waals surface area contributed by atoms with E-state index in [2.05, 4.69) is 5.10 Å². The summed E-state index contributed by atoms with van der Waals surface area (Å²) >= 11 is 5.64. The zero-order valence-electron chi connectivity index (χ0n) is 14.3. The summed E-state index contributed by atoms with van der Waals surface area (Å²) in [6.45, 7) is 2.70. The van der Waals surface area contributed by atoms with Gasteiger partial charge < -0.3 is 9.84 Å². The summed E-state index contributed by atoms with van der Waals surface area (Å²) in [6, 6.07) is 13.7. The van der Waals surface area contributed by atoms with Gasteiger partial charge in [0.25, 0.3) is 5.34 Å². The van der Waals surface area contributed by atoms with Gasteiger partial charge in [-0.1, -0.05) is 0 Å². The fraction of sp³-hybridized carbons (Fsp3) is 0.222. The molecule has 1 unspecified atom stereocenters. The molecule has 7 heteroatoms. The molecule has 0 saturated heterocycles. The van der Waals surface area contributed by atoms with Crippen LogP contribution in [0.3, 0.4) is 0 Å². The Morgan fingerprint density at radius 2 is 1.68 bits per heavy atom. The Balaban J connectivity index is 2.05. The molecule has 0 amide bonds. The van der Waals surface area contributed by atoms with Crippen molar-refractivity contribution in [2.75, 3.05) is 7.05 Å². The van der Waals surface area contributed by atoms with Gasteiger partial charge in [-0.15, -0.1) is 9.88 Å². The number of ether oxygens (including phenoxy) is 1. The van der Waals surface area contributed by atoms with Gasteiger partial charge in [0.15, 0.2) is 11.8 Å². The van der Waals surface area contributed by atoms with Gasteiger partial charge >= 0.3 is 6.85 Å². The molecule has 0 spiro atoms. The third-order valence-corrected chi connectivity index (χ3v) is 7.04. The standard InChI is InChI=1S/C18H19N2O3PS/c1-18(2,23-17-10-6-15(13-21)7-11-17)24(25)20(3)19-12-14-4-8-16(22)9-5-14/h4-13H,1-3H3/p+1. The number of carbonyl (C=O) groups excluding carboxylic acids is 1. The number of rotatable bonds is 7. The molecule has 5 nitrogen and oxygen atoms in total. The number of hydrazone groups is 1. The Morgan fingerprint density at radius 1 is 1.12 bits per heavy atom. The van der Waals surface area contributed by atoms with Crippen LogP contribution < -0.4 is 4.74 Å². The molecule has 0 saturated carbocycles. The van der Waals surface area contributed by atoms with Crippen LogP contribution >= 0.6 is 6.85 Å². The molecule has 1 N–H and O–H groups in total. The molecule has 0 aromatic heterocycles. The lowest BCUT2D eigenvalue weighted by Crippen LogP contribution is -2.27. The van der Waals surface area contributed by atoms with Crippen LogP contribution in [0.4, 0.5) is 0 Å². The molecular weight excluding hydrogens is 355 g/mol. The van der Waals surface area contributed by atoms with E-state index < -0.39 is 12.2 Å². The minimum Gasteiger partial charge on any atom is -0.508 e. The summed E-state index contributed by atoms with van der Waals surface area (Å²) in [5.41, 5.74) is 1.47. The number of nitrogens with zero attached hydrogens (tertiary/aromatic N) is 2. The highest BCUT2D eigenvalue weighted by Crippen LogP contribution is 2.43. The Bertz CT molecular complexity index is 774. The summed E-state index contributed by atoms with van der Waals surface area (Å²) in [7, 11) is 1.82. The average molecular weight is 375 g/mol. The number of benzene rings is 2.